The maximum Gasteiger partial charge on any atom is 0.213 e. The van der Waals surface area contributed by atoms with Gasteiger partial charge in [0.05, 0.1) is 29.5 Å². The lowest BCUT2D eigenvalue weighted by atomic mass is 9.88. The lowest BCUT2D eigenvalue weighted by molar-refractivity contribution is 0.0893. The molecule has 1 aromatic carbocycles. The smallest absolute Gasteiger partial charge is 0.213 e. The third-order valence-electron chi connectivity index (χ3n) is 5.94. The number of para-hydroxylation sites is 1. The second kappa shape index (κ2) is 6.65. The summed E-state index contributed by atoms with van der Waals surface area (Å²) in [6.07, 6.45) is 5.60. The third-order valence-corrected chi connectivity index (χ3v) is 7.71. The Bertz CT molecular complexity index is 1410. The fourth-order valence-electron chi connectivity index (χ4n) is 4.33. The molecule has 4 aromatic rings. The highest BCUT2D eigenvalue weighted by Crippen LogP contribution is 2.41. The second-order valence-corrected chi connectivity index (χ2v) is 9.88. The molecule has 0 bridgehead atoms. The maximum absolute atomic E-state index is 12.3. The zero-order chi connectivity index (χ0) is 20.9. The van der Waals surface area contributed by atoms with Gasteiger partial charge in [-0.1, -0.05) is 18.2 Å². The molecule has 152 valence electrons. The molecule has 0 unspecified atom stereocenters. The standard InChI is InChI=1S/C21H20N6O2S/c1-2-30(28,29)26-12-21(13-26,8-9-22)27-11-17(15-5-3-4-6-18(15)27)19-16-7-10-23-20(16)25-14-24-19/h3-7,10-11,14H,2,8,12-13H2,1H3,(H,23,24,25). The minimum atomic E-state index is -3.29. The molecule has 0 saturated carbocycles. The third kappa shape index (κ3) is 2.65. The molecule has 1 N–H and O–H groups in total. The molecule has 8 nitrogen and oxygen atoms in total. The number of rotatable bonds is 5. The average Bonchev–Trinajstić information content (AvgIpc) is 3.35. The molecule has 0 spiro atoms. The Kier molecular flexibility index (Phi) is 4.17. The van der Waals surface area contributed by atoms with Gasteiger partial charge in [0.25, 0.3) is 0 Å². The lowest BCUT2D eigenvalue weighted by Crippen LogP contribution is -2.64. The van der Waals surface area contributed by atoms with Gasteiger partial charge in [0, 0.05) is 47.3 Å². The van der Waals surface area contributed by atoms with Gasteiger partial charge in [-0.05, 0) is 19.1 Å². The van der Waals surface area contributed by atoms with Crippen molar-refractivity contribution in [1.82, 2.24) is 23.8 Å². The molecule has 0 radical (unpaired) electrons. The number of hydrogen-bond acceptors (Lipinski definition) is 5. The number of aromatic amines is 1. The van der Waals surface area contributed by atoms with Crippen LogP contribution in [0.25, 0.3) is 33.2 Å². The molecular weight excluding hydrogens is 400 g/mol. The molecule has 0 amide bonds. The Morgan fingerprint density at radius 2 is 2.00 bits per heavy atom. The van der Waals surface area contributed by atoms with Gasteiger partial charge < -0.3 is 9.55 Å². The van der Waals surface area contributed by atoms with Crippen LogP contribution in [0.3, 0.4) is 0 Å². The Balaban J connectivity index is 1.70. The Morgan fingerprint density at radius 1 is 1.20 bits per heavy atom. The summed E-state index contributed by atoms with van der Waals surface area (Å²) in [7, 11) is -3.29. The first-order chi connectivity index (χ1) is 14.5. The quantitative estimate of drug-likeness (QED) is 0.534. The van der Waals surface area contributed by atoms with Gasteiger partial charge in [0.2, 0.25) is 10.0 Å². The number of fused-ring (bicyclic) bond motifs is 2. The number of sulfonamides is 1. The summed E-state index contributed by atoms with van der Waals surface area (Å²) in [6.45, 7) is 2.22. The molecule has 30 heavy (non-hydrogen) atoms. The summed E-state index contributed by atoms with van der Waals surface area (Å²) >= 11 is 0. The SMILES string of the molecule is CCS(=O)(=O)N1CC(CC#N)(n2cc(-c3ncnc4[nH]ccc34)c3ccccc32)C1. The van der Waals surface area contributed by atoms with Gasteiger partial charge in [0.1, 0.15) is 12.0 Å². The molecule has 1 fully saturated rings. The van der Waals surface area contributed by atoms with Crippen LogP contribution in [0.4, 0.5) is 0 Å². The first kappa shape index (κ1) is 18.8. The van der Waals surface area contributed by atoms with Crippen molar-refractivity contribution in [3.63, 3.8) is 0 Å². The molecule has 1 saturated heterocycles. The summed E-state index contributed by atoms with van der Waals surface area (Å²) in [5.41, 5.74) is 2.86. The zero-order valence-corrected chi connectivity index (χ0v) is 17.2. The predicted octanol–water partition coefficient (Wildman–Crippen LogP) is 2.85. The van der Waals surface area contributed by atoms with Crippen LogP contribution in [0.15, 0.2) is 49.1 Å². The lowest BCUT2D eigenvalue weighted by Gasteiger charge is -2.49. The van der Waals surface area contributed by atoms with Gasteiger partial charge in [-0.2, -0.15) is 9.57 Å². The summed E-state index contributed by atoms with van der Waals surface area (Å²) in [5, 5.41) is 11.5. The summed E-state index contributed by atoms with van der Waals surface area (Å²) in [6, 6.07) is 12.2. The van der Waals surface area contributed by atoms with E-state index in [0.29, 0.717) is 0 Å². The summed E-state index contributed by atoms with van der Waals surface area (Å²) < 4.78 is 28.2. The van der Waals surface area contributed by atoms with Crippen LogP contribution >= 0.6 is 0 Å². The van der Waals surface area contributed by atoms with E-state index in [2.05, 4.69) is 25.6 Å². The Morgan fingerprint density at radius 3 is 2.77 bits per heavy atom. The highest BCUT2D eigenvalue weighted by Gasteiger charge is 2.49. The van der Waals surface area contributed by atoms with Crippen molar-refractivity contribution in [3.8, 4) is 17.3 Å². The first-order valence-corrected chi connectivity index (χ1v) is 11.3. The molecule has 1 aliphatic heterocycles. The largest absolute Gasteiger partial charge is 0.346 e. The highest BCUT2D eigenvalue weighted by atomic mass is 32.2. The van der Waals surface area contributed by atoms with Crippen molar-refractivity contribution in [1.29, 1.82) is 5.26 Å². The van der Waals surface area contributed by atoms with E-state index in [1.807, 2.05) is 42.7 Å². The van der Waals surface area contributed by atoms with Crippen LogP contribution in [-0.2, 0) is 15.6 Å². The van der Waals surface area contributed by atoms with Crippen molar-refractivity contribution in [2.75, 3.05) is 18.8 Å². The Labute approximate surface area is 173 Å². The fraction of sp³-hybridized carbons (Fsp3) is 0.286. The van der Waals surface area contributed by atoms with Crippen LogP contribution in [0, 0.1) is 11.3 Å². The van der Waals surface area contributed by atoms with Gasteiger partial charge in [-0.25, -0.2) is 18.4 Å². The molecule has 0 atom stereocenters. The average molecular weight is 420 g/mol. The van der Waals surface area contributed by atoms with Crippen LogP contribution in [-0.4, -0.2) is 51.1 Å². The minimum Gasteiger partial charge on any atom is -0.346 e. The van der Waals surface area contributed by atoms with Crippen molar-refractivity contribution < 1.29 is 8.42 Å². The number of nitriles is 1. The molecule has 9 heteroatoms. The Hall–Kier alpha value is -3.22. The van der Waals surface area contributed by atoms with E-state index in [1.54, 1.807) is 6.92 Å². The predicted molar refractivity (Wildman–Crippen MR) is 114 cm³/mol. The van der Waals surface area contributed by atoms with Crippen molar-refractivity contribution in [3.05, 3.63) is 49.1 Å². The fourth-order valence-corrected chi connectivity index (χ4v) is 5.57. The number of H-pyrrole nitrogens is 1. The van der Waals surface area contributed by atoms with E-state index in [1.165, 1.54) is 10.6 Å². The number of aromatic nitrogens is 4. The monoisotopic (exact) mass is 420 g/mol. The molecule has 0 aliphatic carbocycles. The van der Waals surface area contributed by atoms with Crippen molar-refractivity contribution in [2.24, 2.45) is 0 Å². The zero-order valence-electron chi connectivity index (χ0n) is 16.4. The molecule has 5 rings (SSSR count). The highest BCUT2D eigenvalue weighted by molar-refractivity contribution is 7.89. The van der Waals surface area contributed by atoms with E-state index in [9.17, 15) is 13.7 Å². The number of hydrogen-bond donors (Lipinski definition) is 1. The van der Waals surface area contributed by atoms with Crippen LogP contribution < -0.4 is 0 Å². The van der Waals surface area contributed by atoms with Gasteiger partial charge >= 0.3 is 0 Å². The summed E-state index contributed by atoms with van der Waals surface area (Å²) in [4.78, 5) is 11.9. The van der Waals surface area contributed by atoms with E-state index in [0.717, 1.165) is 33.2 Å². The number of nitrogens with zero attached hydrogens (tertiary/aromatic N) is 5. The van der Waals surface area contributed by atoms with Crippen molar-refractivity contribution >= 4 is 32.0 Å². The van der Waals surface area contributed by atoms with E-state index >= 15 is 0 Å². The molecular formula is C21H20N6O2S. The molecule has 1 aliphatic rings. The summed E-state index contributed by atoms with van der Waals surface area (Å²) in [5.74, 6) is 0.0553. The first-order valence-electron chi connectivity index (χ1n) is 9.73. The van der Waals surface area contributed by atoms with Crippen molar-refractivity contribution in [2.45, 2.75) is 18.9 Å². The topological polar surface area (TPSA) is 108 Å². The number of benzene rings is 1. The second-order valence-electron chi connectivity index (χ2n) is 7.62. The van der Waals surface area contributed by atoms with E-state index < -0.39 is 15.6 Å². The minimum absolute atomic E-state index is 0.0553. The van der Waals surface area contributed by atoms with E-state index in [-0.39, 0.29) is 25.3 Å². The number of nitrogens with one attached hydrogen (secondary N) is 1. The van der Waals surface area contributed by atoms with Gasteiger partial charge in [-0.3, -0.25) is 0 Å². The normalized spacial score (nSPS) is 16.5. The van der Waals surface area contributed by atoms with Crippen LogP contribution in [0.5, 0.6) is 0 Å². The van der Waals surface area contributed by atoms with Crippen LogP contribution in [0.1, 0.15) is 13.3 Å². The van der Waals surface area contributed by atoms with E-state index in [4.69, 9.17) is 0 Å². The van der Waals surface area contributed by atoms with Gasteiger partial charge in [0.15, 0.2) is 0 Å². The van der Waals surface area contributed by atoms with Gasteiger partial charge in [-0.15, -0.1) is 0 Å². The maximum atomic E-state index is 12.3. The van der Waals surface area contributed by atoms with Crippen LogP contribution in [0.2, 0.25) is 0 Å². The molecule has 3 aromatic heterocycles. The molecule has 4 heterocycles.